The zero-order valence-electron chi connectivity index (χ0n) is 12.0. The van der Waals surface area contributed by atoms with Gasteiger partial charge in [-0.2, -0.15) is 0 Å². The van der Waals surface area contributed by atoms with Gasteiger partial charge in [-0.25, -0.2) is 0 Å². The third-order valence-electron chi connectivity index (χ3n) is 2.77. The topological polar surface area (TPSA) is 29.5 Å². The van der Waals surface area contributed by atoms with E-state index in [2.05, 4.69) is 5.92 Å². The van der Waals surface area contributed by atoms with E-state index in [0.29, 0.717) is 11.3 Å². The van der Waals surface area contributed by atoms with Crippen molar-refractivity contribution in [3.05, 3.63) is 29.8 Å². The average molecular weight is 259 g/mol. The summed E-state index contributed by atoms with van der Waals surface area (Å²) >= 11 is 0. The lowest BCUT2D eigenvalue weighted by Gasteiger charge is -2.30. The van der Waals surface area contributed by atoms with Gasteiger partial charge in [0, 0.05) is 17.6 Å². The summed E-state index contributed by atoms with van der Waals surface area (Å²) in [6, 6.07) is 7.42. The summed E-state index contributed by atoms with van der Waals surface area (Å²) in [6.45, 7) is 8.30. The Hall–Kier alpha value is -1.95. The van der Waals surface area contributed by atoms with Gasteiger partial charge >= 0.3 is 0 Å². The summed E-state index contributed by atoms with van der Waals surface area (Å²) < 4.78 is 5.28. The van der Waals surface area contributed by atoms with Gasteiger partial charge in [-0.05, 0) is 52.0 Å². The molecule has 3 nitrogen and oxygen atoms in total. The first kappa shape index (κ1) is 15.1. The lowest BCUT2D eigenvalue weighted by Crippen LogP contribution is -2.42. The van der Waals surface area contributed by atoms with E-state index in [1.54, 1.807) is 24.3 Å². The van der Waals surface area contributed by atoms with E-state index in [-0.39, 0.29) is 24.6 Å². The summed E-state index contributed by atoms with van der Waals surface area (Å²) in [5.74, 6) is 3.12. The van der Waals surface area contributed by atoms with Crippen LogP contribution >= 0.6 is 0 Å². The van der Waals surface area contributed by atoms with Gasteiger partial charge < -0.3 is 9.64 Å². The lowest BCUT2D eigenvalue weighted by atomic mass is 10.1. The fourth-order valence-electron chi connectivity index (χ4n) is 2.03. The maximum absolute atomic E-state index is 12.4. The minimum atomic E-state index is 0.0356. The molecule has 0 atom stereocenters. The first-order valence-corrected chi connectivity index (χ1v) is 6.46. The maximum atomic E-state index is 12.4. The number of carbonyl (C=O) groups is 1. The Kier molecular flexibility index (Phi) is 5.44. The van der Waals surface area contributed by atoms with Crippen molar-refractivity contribution in [2.24, 2.45) is 0 Å². The molecular formula is C16H21NO2. The number of amides is 1. The largest absolute Gasteiger partial charge is 0.481 e. The number of hydrogen-bond acceptors (Lipinski definition) is 2. The normalized spacial score (nSPS) is 10.4. The Morgan fingerprint density at radius 2 is 1.74 bits per heavy atom. The molecule has 0 N–H and O–H groups in total. The minimum Gasteiger partial charge on any atom is -0.481 e. The second-order valence-corrected chi connectivity index (χ2v) is 4.92. The van der Waals surface area contributed by atoms with Crippen LogP contribution in [0.25, 0.3) is 0 Å². The van der Waals surface area contributed by atoms with Crippen molar-refractivity contribution in [2.45, 2.75) is 39.8 Å². The number of benzene rings is 1. The molecule has 0 aliphatic heterocycles. The summed E-state index contributed by atoms with van der Waals surface area (Å²) in [7, 11) is 0. The molecule has 0 saturated carbocycles. The molecule has 0 unspecified atom stereocenters. The fourth-order valence-corrected chi connectivity index (χ4v) is 2.03. The molecule has 0 heterocycles. The van der Waals surface area contributed by atoms with Crippen LogP contribution in [0.1, 0.15) is 38.1 Å². The van der Waals surface area contributed by atoms with E-state index >= 15 is 0 Å². The molecule has 0 aromatic heterocycles. The van der Waals surface area contributed by atoms with E-state index in [4.69, 9.17) is 11.2 Å². The van der Waals surface area contributed by atoms with Crippen molar-refractivity contribution in [1.29, 1.82) is 0 Å². The maximum Gasteiger partial charge on any atom is 0.254 e. The van der Waals surface area contributed by atoms with Crippen molar-refractivity contribution in [2.75, 3.05) is 6.61 Å². The van der Waals surface area contributed by atoms with E-state index in [0.717, 1.165) is 0 Å². The summed E-state index contributed by atoms with van der Waals surface area (Å²) in [6.07, 6.45) is 5.13. The fraction of sp³-hybridized carbons (Fsp3) is 0.438. The molecule has 0 fully saturated rings. The van der Waals surface area contributed by atoms with Crippen LogP contribution < -0.4 is 4.74 Å². The number of ether oxygens (including phenoxy) is 1. The average Bonchev–Trinajstić information content (AvgIpc) is 2.36. The standard InChI is InChI=1S/C16H21NO2/c1-6-11-19-15-9-7-14(8-10-15)16(18)17(12(2)3)13(4)5/h1,7-10,12-13H,11H2,2-5H3. The summed E-state index contributed by atoms with van der Waals surface area (Å²) in [5.41, 5.74) is 0.662. The monoisotopic (exact) mass is 259 g/mol. The van der Waals surface area contributed by atoms with Crippen LogP contribution in [0.3, 0.4) is 0 Å². The van der Waals surface area contributed by atoms with Gasteiger partial charge in [0.25, 0.3) is 5.91 Å². The van der Waals surface area contributed by atoms with Crippen LogP contribution in [0.15, 0.2) is 24.3 Å². The highest BCUT2D eigenvalue weighted by molar-refractivity contribution is 5.94. The number of terminal acetylenes is 1. The van der Waals surface area contributed by atoms with Crippen LogP contribution in [0.5, 0.6) is 5.75 Å². The molecule has 1 amide bonds. The highest BCUT2D eigenvalue weighted by Gasteiger charge is 2.21. The Morgan fingerprint density at radius 3 is 2.16 bits per heavy atom. The van der Waals surface area contributed by atoms with Gasteiger partial charge in [0.1, 0.15) is 12.4 Å². The van der Waals surface area contributed by atoms with E-state index < -0.39 is 0 Å². The SMILES string of the molecule is C#CCOc1ccc(C(=O)N(C(C)C)C(C)C)cc1. The minimum absolute atomic E-state index is 0.0356. The Labute approximate surface area is 115 Å². The second kappa shape index (κ2) is 6.84. The van der Waals surface area contributed by atoms with Gasteiger partial charge in [0.05, 0.1) is 0 Å². The second-order valence-electron chi connectivity index (χ2n) is 4.92. The molecule has 3 heteroatoms. The predicted octanol–water partition coefficient (Wildman–Crippen LogP) is 2.96. The van der Waals surface area contributed by atoms with Gasteiger partial charge in [-0.15, -0.1) is 6.42 Å². The molecule has 1 aromatic carbocycles. The van der Waals surface area contributed by atoms with Crippen molar-refractivity contribution in [1.82, 2.24) is 4.90 Å². The molecule has 1 aromatic rings. The quantitative estimate of drug-likeness (QED) is 0.761. The van der Waals surface area contributed by atoms with Crippen molar-refractivity contribution in [3.8, 4) is 18.1 Å². The van der Waals surface area contributed by atoms with E-state index in [9.17, 15) is 4.79 Å². The van der Waals surface area contributed by atoms with Crippen LogP contribution in [0, 0.1) is 12.3 Å². The highest BCUT2D eigenvalue weighted by Crippen LogP contribution is 2.16. The third kappa shape index (κ3) is 4.03. The molecule has 0 aliphatic rings. The zero-order chi connectivity index (χ0) is 14.4. The molecule has 0 bridgehead atoms. The first-order valence-electron chi connectivity index (χ1n) is 6.46. The number of rotatable bonds is 5. The Balaban J connectivity index is 2.85. The summed E-state index contributed by atoms with van der Waals surface area (Å²) in [5, 5.41) is 0. The van der Waals surface area contributed by atoms with Crippen LogP contribution in [0.4, 0.5) is 0 Å². The predicted molar refractivity (Wildman–Crippen MR) is 77.2 cm³/mol. The van der Waals surface area contributed by atoms with Crippen LogP contribution in [-0.4, -0.2) is 29.5 Å². The molecular weight excluding hydrogens is 238 g/mol. The molecule has 19 heavy (non-hydrogen) atoms. The smallest absolute Gasteiger partial charge is 0.254 e. The number of hydrogen-bond donors (Lipinski definition) is 0. The number of carbonyl (C=O) groups excluding carboxylic acids is 1. The molecule has 0 aliphatic carbocycles. The highest BCUT2D eigenvalue weighted by atomic mass is 16.5. The van der Waals surface area contributed by atoms with E-state index in [1.807, 2.05) is 32.6 Å². The molecule has 0 spiro atoms. The van der Waals surface area contributed by atoms with Gasteiger partial charge in [-0.1, -0.05) is 5.92 Å². The van der Waals surface area contributed by atoms with Crippen molar-refractivity contribution >= 4 is 5.91 Å². The summed E-state index contributed by atoms with van der Waals surface area (Å²) in [4.78, 5) is 14.3. The zero-order valence-corrected chi connectivity index (χ0v) is 12.0. The Bertz CT molecular complexity index is 447. The first-order chi connectivity index (χ1) is 8.97. The number of nitrogens with zero attached hydrogens (tertiary/aromatic N) is 1. The van der Waals surface area contributed by atoms with E-state index in [1.165, 1.54) is 0 Å². The Morgan fingerprint density at radius 1 is 1.21 bits per heavy atom. The molecule has 1 rings (SSSR count). The van der Waals surface area contributed by atoms with Crippen molar-refractivity contribution < 1.29 is 9.53 Å². The van der Waals surface area contributed by atoms with Crippen LogP contribution in [0.2, 0.25) is 0 Å². The molecule has 102 valence electrons. The van der Waals surface area contributed by atoms with Crippen molar-refractivity contribution in [3.63, 3.8) is 0 Å². The third-order valence-corrected chi connectivity index (χ3v) is 2.77. The van der Waals surface area contributed by atoms with Gasteiger partial charge in [-0.3, -0.25) is 4.79 Å². The van der Waals surface area contributed by atoms with Gasteiger partial charge in [0.2, 0.25) is 0 Å². The molecule has 0 radical (unpaired) electrons. The van der Waals surface area contributed by atoms with Crippen LogP contribution in [-0.2, 0) is 0 Å². The lowest BCUT2D eigenvalue weighted by molar-refractivity contribution is 0.0643. The molecule has 0 saturated heterocycles. The van der Waals surface area contributed by atoms with Gasteiger partial charge in [0.15, 0.2) is 0 Å².